The molecule has 104 valence electrons. The molecule has 0 amide bonds. The molecule has 0 saturated carbocycles. The highest BCUT2D eigenvalue weighted by molar-refractivity contribution is 7.89. The summed E-state index contributed by atoms with van der Waals surface area (Å²) in [6.45, 7) is 6.77. The third-order valence-corrected chi connectivity index (χ3v) is 5.32. The summed E-state index contributed by atoms with van der Waals surface area (Å²) in [5, 5.41) is 3.11. The first-order chi connectivity index (χ1) is 8.33. The lowest BCUT2D eigenvalue weighted by molar-refractivity contribution is 0.465. The molecule has 7 heteroatoms. The van der Waals surface area contributed by atoms with Crippen LogP contribution in [0, 0.1) is 6.92 Å². The van der Waals surface area contributed by atoms with Gasteiger partial charge in [0.05, 0.1) is 17.0 Å². The average molecular weight is 291 g/mol. The normalized spacial score (nSPS) is 12.6. The van der Waals surface area contributed by atoms with Gasteiger partial charge < -0.3 is 5.32 Å². The van der Waals surface area contributed by atoms with Gasteiger partial charge in [-0.1, -0.05) is 13.8 Å². The third kappa shape index (κ3) is 4.64. The fourth-order valence-electron chi connectivity index (χ4n) is 1.41. The molecule has 18 heavy (non-hydrogen) atoms. The van der Waals surface area contributed by atoms with Crippen molar-refractivity contribution in [2.45, 2.75) is 33.4 Å². The molecule has 0 saturated heterocycles. The fourth-order valence-corrected chi connectivity index (χ4v) is 3.34. The minimum absolute atomic E-state index is 0.125. The van der Waals surface area contributed by atoms with Gasteiger partial charge in [0.25, 0.3) is 0 Å². The van der Waals surface area contributed by atoms with Crippen LogP contribution in [0.5, 0.6) is 0 Å². The smallest absolute Gasteiger partial charge is 0.215 e. The number of nitrogens with zero attached hydrogens (tertiary/aromatic N) is 2. The third-order valence-electron chi connectivity index (χ3n) is 2.60. The van der Waals surface area contributed by atoms with Crippen LogP contribution in [-0.4, -0.2) is 43.1 Å². The zero-order valence-corrected chi connectivity index (χ0v) is 12.9. The second kappa shape index (κ2) is 6.60. The number of aromatic nitrogens is 1. The molecule has 0 atom stereocenters. The van der Waals surface area contributed by atoms with Crippen molar-refractivity contribution in [3.05, 3.63) is 16.1 Å². The van der Waals surface area contributed by atoms with E-state index in [1.165, 1.54) is 15.6 Å². The van der Waals surface area contributed by atoms with Crippen molar-refractivity contribution in [1.82, 2.24) is 14.6 Å². The summed E-state index contributed by atoms with van der Waals surface area (Å²) in [5.41, 5.74) is 2.65. The van der Waals surface area contributed by atoms with Crippen molar-refractivity contribution >= 4 is 21.4 Å². The van der Waals surface area contributed by atoms with E-state index in [1.54, 1.807) is 12.6 Å². The van der Waals surface area contributed by atoms with E-state index in [4.69, 9.17) is 0 Å². The van der Waals surface area contributed by atoms with Crippen LogP contribution >= 0.6 is 11.3 Å². The van der Waals surface area contributed by atoms with Crippen molar-refractivity contribution in [2.24, 2.45) is 0 Å². The fraction of sp³-hybridized carbons (Fsp3) is 0.727. The van der Waals surface area contributed by atoms with Crippen molar-refractivity contribution in [3.8, 4) is 0 Å². The summed E-state index contributed by atoms with van der Waals surface area (Å²) in [6.07, 6.45) is 0. The van der Waals surface area contributed by atoms with Crippen LogP contribution in [-0.2, 0) is 16.6 Å². The summed E-state index contributed by atoms with van der Waals surface area (Å²) in [7, 11) is -1.58. The number of rotatable bonds is 7. The van der Waals surface area contributed by atoms with Gasteiger partial charge >= 0.3 is 0 Å². The quantitative estimate of drug-likeness (QED) is 0.820. The van der Waals surface area contributed by atoms with Crippen molar-refractivity contribution in [2.75, 3.05) is 19.3 Å². The number of thiazole rings is 1. The summed E-state index contributed by atoms with van der Waals surface area (Å²) in [5.74, 6) is 0.125. The number of hydrogen-bond acceptors (Lipinski definition) is 5. The van der Waals surface area contributed by atoms with E-state index in [2.05, 4.69) is 10.3 Å². The van der Waals surface area contributed by atoms with Gasteiger partial charge in [-0.15, -0.1) is 11.3 Å². The van der Waals surface area contributed by atoms with Gasteiger partial charge in [-0.25, -0.2) is 13.4 Å². The van der Waals surface area contributed by atoms with Gasteiger partial charge in [-0.2, -0.15) is 4.31 Å². The maximum atomic E-state index is 12.0. The molecule has 0 unspecified atom stereocenters. The van der Waals surface area contributed by atoms with E-state index in [1.807, 2.05) is 20.8 Å². The van der Waals surface area contributed by atoms with Crippen LogP contribution in [0.1, 0.15) is 24.4 Å². The van der Waals surface area contributed by atoms with E-state index in [9.17, 15) is 8.42 Å². The molecule has 5 nitrogen and oxygen atoms in total. The van der Waals surface area contributed by atoms with Crippen LogP contribution in [0.4, 0.5) is 0 Å². The summed E-state index contributed by atoms with van der Waals surface area (Å²) in [6, 6.07) is 0.300. The molecule has 0 radical (unpaired) electrons. The molecule has 1 aromatic rings. The van der Waals surface area contributed by atoms with Crippen LogP contribution in [0.2, 0.25) is 0 Å². The molecule has 0 fully saturated rings. The highest BCUT2D eigenvalue weighted by Crippen LogP contribution is 2.15. The predicted molar refractivity (Wildman–Crippen MR) is 75.2 cm³/mol. The zero-order valence-electron chi connectivity index (χ0n) is 11.3. The van der Waals surface area contributed by atoms with E-state index in [0.717, 1.165) is 10.6 Å². The molecule has 1 aromatic heterocycles. The largest absolute Gasteiger partial charge is 0.313 e. The Kier molecular flexibility index (Phi) is 5.71. The van der Waals surface area contributed by atoms with E-state index in [-0.39, 0.29) is 5.75 Å². The maximum Gasteiger partial charge on any atom is 0.215 e. The first-order valence-corrected chi connectivity index (χ1v) is 8.38. The topological polar surface area (TPSA) is 62.3 Å². The summed E-state index contributed by atoms with van der Waals surface area (Å²) in [4.78, 5) is 5.12. The molecule has 0 aromatic carbocycles. The molecule has 0 aliphatic rings. The highest BCUT2D eigenvalue weighted by Gasteiger charge is 2.19. The van der Waals surface area contributed by atoms with E-state index >= 15 is 0 Å². The Labute approximate surface area is 113 Å². The molecule has 0 aliphatic carbocycles. The number of nitrogens with one attached hydrogen (secondary N) is 1. The molecule has 0 bridgehead atoms. The van der Waals surface area contributed by atoms with Crippen LogP contribution in [0.15, 0.2) is 5.51 Å². The molecular formula is C11H21N3O2S2. The van der Waals surface area contributed by atoms with E-state index < -0.39 is 10.0 Å². The lowest BCUT2D eigenvalue weighted by atomic mass is 10.4. The first kappa shape index (κ1) is 15.6. The first-order valence-electron chi connectivity index (χ1n) is 5.89. The van der Waals surface area contributed by atoms with E-state index in [0.29, 0.717) is 19.1 Å². The number of hydrogen-bond donors (Lipinski definition) is 1. The van der Waals surface area contributed by atoms with Gasteiger partial charge in [-0.3, -0.25) is 0 Å². The minimum atomic E-state index is -3.20. The lowest BCUT2D eigenvalue weighted by Crippen LogP contribution is -2.35. The van der Waals surface area contributed by atoms with Crippen LogP contribution < -0.4 is 5.32 Å². The molecule has 1 N–H and O–H groups in total. The number of aryl methyl sites for hydroxylation is 1. The predicted octanol–water partition coefficient (Wildman–Crippen LogP) is 1.21. The van der Waals surface area contributed by atoms with Gasteiger partial charge in [0, 0.05) is 31.1 Å². The Bertz CT molecular complexity index is 468. The Hall–Kier alpha value is -0.500. The monoisotopic (exact) mass is 291 g/mol. The maximum absolute atomic E-state index is 12.0. The number of sulfonamides is 1. The van der Waals surface area contributed by atoms with Gasteiger partial charge in [0.15, 0.2) is 0 Å². The molecular weight excluding hydrogens is 270 g/mol. The molecule has 1 rings (SSSR count). The Morgan fingerprint density at radius 3 is 2.67 bits per heavy atom. The summed E-state index contributed by atoms with van der Waals surface area (Å²) >= 11 is 1.49. The zero-order chi connectivity index (χ0) is 13.8. The Morgan fingerprint density at radius 1 is 1.50 bits per heavy atom. The summed E-state index contributed by atoms with van der Waals surface area (Å²) < 4.78 is 25.4. The average Bonchev–Trinajstić information content (AvgIpc) is 2.63. The SMILES string of the molecule is Cc1ncsc1CN(C)S(=O)(=O)CCNC(C)C. The van der Waals surface area contributed by atoms with Crippen molar-refractivity contribution in [3.63, 3.8) is 0 Å². The highest BCUT2D eigenvalue weighted by atomic mass is 32.2. The van der Waals surface area contributed by atoms with Crippen molar-refractivity contribution < 1.29 is 8.42 Å². The van der Waals surface area contributed by atoms with Crippen molar-refractivity contribution in [1.29, 1.82) is 0 Å². The second-order valence-electron chi connectivity index (χ2n) is 4.54. The molecule has 0 aliphatic heterocycles. The standard InChI is InChI=1S/C11H21N3O2S2/c1-9(2)12-5-6-18(15,16)14(4)7-11-10(3)13-8-17-11/h8-9,12H,5-7H2,1-4H3. The van der Waals surface area contributed by atoms with Gasteiger partial charge in [0.1, 0.15) is 0 Å². The van der Waals surface area contributed by atoms with Crippen LogP contribution in [0.3, 0.4) is 0 Å². The van der Waals surface area contributed by atoms with Gasteiger partial charge in [0.2, 0.25) is 10.0 Å². The Balaban J connectivity index is 2.54. The molecule has 0 spiro atoms. The second-order valence-corrected chi connectivity index (χ2v) is 7.68. The minimum Gasteiger partial charge on any atom is -0.313 e. The lowest BCUT2D eigenvalue weighted by Gasteiger charge is -2.17. The Morgan fingerprint density at radius 2 is 2.17 bits per heavy atom. The van der Waals surface area contributed by atoms with Gasteiger partial charge in [-0.05, 0) is 6.92 Å². The molecule has 1 heterocycles. The van der Waals surface area contributed by atoms with Crippen LogP contribution in [0.25, 0.3) is 0 Å².